The fourth-order valence-corrected chi connectivity index (χ4v) is 1.16. The highest BCUT2D eigenvalue weighted by molar-refractivity contribution is 5.47. The number of hydrogen-bond acceptors (Lipinski definition) is 4. The van der Waals surface area contributed by atoms with Crippen molar-refractivity contribution in [1.29, 1.82) is 5.26 Å². The fourth-order valence-electron chi connectivity index (χ4n) is 1.16. The molecule has 1 atom stereocenters. The van der Waals surface area contributed by atoms with E-state index in [1.54, 1.807) is 6.20 Å². The molecule has 0 aliphatic carbocycles. The van der Waals surface area contributed by atoms with Gasteiger partial charge in [0.15, 0.2) is 11.5 Å². The van der Waals surface area contributed by atoms with E-state index in [1.807, 2.05) is 13.0 Å². The molecule has 1 aromatic heterocycles. The Morgan fingerprint density at radius 2 is 2.27 bits per heavy atom. The number of nitrogens with one attached hydrogen (secondary N) is 1. The van der Waals surface area contributed by atoms with Crippen LogP contribution in [-0.4, -0.2) is 16.0 Å². The highest BCUT2D eigenvalue weighted by Gasteiger charge is 2.09. The molecule has 0 aliphatic rings. The molecule has 0 saturated heterocycles. The van der Waals surface area contributed by atoms with E-state index in [9.17, 15) is 0 Å². The van der Waals surface area contributed by atoms with E-state index < -0.39 is 0 Å². The summed E-state index contributed by atoms with van der Waals surface area (Å²) in [4.78, 5) is 7.96. The van der Waals surface area contributed by atoms with Gasteiger partial charge in [-0.15, -0.1) is 12.3 Å². The number of nitrogens with zero attached hydrogens (tertiary/aromatic N) is 3. The maximum absolute atomic E-state index is 8.80. The summed E-state index contributed by atoms with van der Waals surface area (Å²) in [6.45, 7) is 2.03. The number of rotatable bonds is 4. The van der Waals surface area contributed by atoms with E-state index in [2.05, 4.69) is 21.2 Å². The topological polar surface area (TPSA) is 61.6 Å². The Balaban J connectivity index is 2.80. The summed E-state index contributed by atoms with van der Waals surface area (Å²) in [7, 11) is 0. The quantitative estimate of drug-likeness (QED) is 0.749. The number of anilines is 1. The van der Waals surface area contributed by atoms with Crippen LogP contribution in [0.25, 0.3) is 0 Å². The summed E-state index contributed by atoms with van der Waals surface area (Å²) < 4.78 is 0. The van der Waals surface area contributed by atoms with Crippen molar-refractivity contribution in [2.75, 3.05) is 5.32 Å². The van der Waals surface area contributed by atoms with E-state index in [4.69, 9.17) is 11.7 Å². The van der Waals surface area contributed by atoms with Crippen molar-refractivity contribution in [3.8, 4) is 18.4 Å². The largest absolute Gasteiger partial charge is 0.364 e. The molecule has 0 fully saturated rings. The Kier molecular flexibility index (Phi) is 4.12. The van der Waals surface area contributed by atoms with E-state index in [-0.39, 0.29) is 6.04 Å². The first-order valence-electron chi connectivity index (χ1n) is 4.73. The molecule has 1 rings (SSSR count). The van der Waals surface area contributed by atoms with Gasteiger partial charge in [0.1, 0.15) is 6.07 Å². The maximum Gasteiger partial charge on any atom is 0.182 e. The average molecular weight is 200 g/mol. The molecule has 0 aliphatic heterocycles. The molecule has 0 bridgehead atoms. The Morgan fingerprint density at radius 1 is 1.53 bits per heavy atom. The smallest absolute Gasteiger partial charge is 0.182 e. The predicted molar refractivity (Wildman–Crippen MR) is 57.9 cm³/mol. The summed E-state index contributed by atoms with van der Waals surface area (Å²) >= 11 is 0. The normalized spacial score (nSPS) is 11.1. The molecular weight excluding hydrogens is 188 g/mol. The average Bonchev–Trinajstić information content (AvgIpc) is 2.29. The molecule has 15 heavy (non-hydrogen) atoms. The number of terminal acetylenes is 1. The van der Waals surface area contributed by atoms with Crippen LogP contribution in [0.15, 0.2) is 12.4 Å². The lowest BCUT2D eigenvalue weighted by Crippen LogP contribution is -2.19. The van der Waals surface area contributed by atoms with E-state index in [0.29, 0.717) is 17.9 Å². The van der Waals surface area contributed by atoms with Crippen molar-refractivity contribution in [3.63, 3.8) is 0 Å². The van der Waals surface area contributed by atoms with Gasteiger partial charge in [-0.3, -0.25) is 0 Å². The van der Waals surface area contributed by atoms with Crippen LogP contribution < -0.4 is 5.32 Å². The number of nitriles is 1. The van der Waals surface area contributed by atoms with Gasteiger partial charge >= 0.3 is 0 Å². The van der Waals surface area contributed by atoms with Crippen LogP contribution in [0.5, 0.6) is 0 Å². The Hall–Kier alpha value is -2.07. The van der Waals surface area contributed by atoms with Gasteiger partial charge in [0.2, 0.25) is 0 Å². The third-order valence-electron chi connectivity index (χ3n) is 2.00. The molecule has 4 heteroatoms. The van der Waals surface area contributed by atoms with Gasteiger partial charge in [0.25, 0.3) is 0 Å². The van der Waals surface area contributed by atoms with Crippen molar-refractivity contribution in [3.05, 3.63) is 18.1 Å². The van der Waals surface area contributed by atoms with Crippen LogP contribution >= 0.6 is 0 Å². The van der Waals surface area contributed by atoms with E-state index >= 15 is 0 Å². The number of aromatic nitrogens is 2. The maximum atomic E-state index is 8.80. The molecule has 0 saturated carbocycles. The summed E-state index contributed by atoms with van der Waals surface area (Å²) in [5, 5.41) is 11.9. The van der Waals surface area contributed by atoms with E-state index in [0.717, 1.165) is 6.42 Å². The summed E-state index contributed by atoms with van der Waals surface area (Å²) in [6.07, 6.45) is 9.77. The SMILES string of the molecule is C#CCC(CC)Nc1nccnc1C#N. The minimum absolute atomic E-state index is 0.138. The van der Waals surface area contributed by atoms with Gasteiger partial charge in [0, 0.05) is 24.9 Å². The van der Waals surface area contributed by atoms with Crippen molar-refractivity contribution in [2.24, 2.45) is 0 Å². The second kappa shape index (κ2) is 5.62. The standard InChI is InChI=1S/C11H12N4/c1-3-5-9(4-2)15-11-10(8-12)13-6-7-14-11/h1,6-7,9H,4-5H2,2H3,(H,14,15). The molecule has 0 amide bonds. The van der Waals surface area contributed by atoms with Gasteiger partial charge in [0.05, 0.1) is 0 Å². The van der Waals surface area contributed by atoms with Crippen LogP contribution in [0.2, 0.25) is 0 Å². The van der Waals surface area contributed by atoms with Crippen LogP contribution in [0, 0.1) is 23.7 Å². The summed E-state index contributed by atoms with van der Waals surface area (Å²) in [6, 6.07) is 2.12. The zero-order valence-corrected chi connectivity index (χ0v) is 8.57. The lowest BCUT2D eigenvalue weighted by molar-refractivity contribution is 0.710. The Bertz CT molecular complexity index is 400. The monoisotopic (exact) mass is 200 g/mol. The van der Waals surface area contributed by atoms with Gasteiger partial charge in [-0.05, 0) is 6.42 Å². The van der Waals surface area contributed by atoms with Gasteiger partial charge < -0.3 is 5.32 Å². The minimum atomic E-state index is 0.138. The fraction of sp³-hybridized carbons (Fsp3) is 0.364. The molecule has 0 radical (unpaired) electrons. The molecule has 4 nitrogen and oxygen atoms in total. The van der Waals surface area contributed by atoms with Crippen molar-refractivity contribution in [1.82, 2.24) is 9.97 Å². The first-order chi connectivity index (χ1) is 7.31. The van der Waals surface area contributed by atoms with Crippen LogP contribution in [-0.2, 0) is 0 Å². The summed E-state index contributed by atoms with van der Waals surface area (Å²) in [5.41, 5.74) is 0.299. The molecular formula is C11H12N4. The third-order valence-corrected chi connectivity index (χ3v) is 2.00. The van der Waals surface area contributed by atoms with Crippen molar-refractivity contribution in [2.45, 2.75) is 25.8 Å². The predicted octanol–water partition coefficient (Wildman–Crippen LogP) is 1.56. The van der Waals surface area contributed by atoms with Gasteiger partial charge in [-0.25, -0.2) is 9.97 Å². The first kappa shape index (κ1) is 11.0. The molecule has 1 aromatic rings. The van der Waals surface area contributed by atoms with Crippen LogP contribution in [0.4, 0.5) is 5.82 Å². The highest BCUT2D eigenvalue weighted by Crippen LogP contribution is 2.11. The molecule has 76 valence electrons. The van der Waals surface area contributed by atoms with Crippen LogP contribution in [0.1, 0.15) is 25.5 Å². The molecule has 0 aromatic carbocycles. The van der Waals surface area contributed by atoms with Gasteiger partial charge in [-0.2, -0.15) is 5.26 Å². The zero-order chi connectivity index (χ0) is 11.1. The minimum Gasteiger partial charge on any atom is -0.364 e. The lowest BCUT2D eigenvalue weighted by Gasteiger charge is -2.14. The third kappa shape index (κ3) is 2.96. The molecule has 1 unspecified atom stereocenters. The Morgan fingerprint density at radius 3 is 2.87 bits per heavy atom. The van der Waals surface area contributed by atoms with Crippen molar-refractivity contribution < 1.29 is 0 Å². The molecule has 1 heterocycles. The second-order valence-electron chi connectivity index (χ2n) is 3.02. The van der Waals surface area contributed by atoms with Gasteiger partial charge in [-0.1, -0.05) is 6.92 Å². The van der Waals surface area contributed by atoms with Crippen molar-refractivity contribution >= 4 is 5.82 Å². The molecule has 0 spiro atoms. The first-order valence-corrected chi connectivity index (χ1v) is 4.73. The van der Waals surface area contributed by atoms with Crippen LogP contribution in [0.3, 0.4) is 0 Å². The zero-order valence-electron chi connectivity index (χ0n) is 8.57. The molecule has 1 N–H and O–H groups in total. The number of hydrogen-bond donors (Lipinski definition) is 1. The van der Waals surface area contributed by atoms with E-state index in [1.165, 1.54) is 6.20 Å². The highest BCUT2D eigenvalue weighted by atomic mass is 15.0. The Labute approximate surface area is 89.4 Å². The summed E-state index contributed by atoms with van der Waals surface area (Å²) in [5.74, 6) is 3.08. The lowest BCUT2D eigenvalue weighted by atomic mass is 10.1. The second-order valence-corrected chi connectivity index (χ2v) is 3.02.